The van der Waals surface area contributed by atoms with Gasteiger partial charge in [0, 0.05) is 6.04 Å². The topological polar surface area (TPSA) is 49.4 Å². The van der Waals surface area contributed by atoms with E-state index in [2.05, 4.69) is 19.2 Å². The van der Waals surface area contributed by atoms with Crippen molar-refractivity contribution in [1.82, 2.24) is 5.32 Å². The molecule has 1 aliphatic heterocycles. The Balaban J connectivity index is 2.47. The van der Waals surface area contributed by atoms with Crippen molar-refractivity contribution in [2.45, 2.75) is 58.5 Å². The molecule has 4 heteroatoms. The number of nitrogens with one attached hydrogen (secondary N) is 1. The van der Waals surface area contributed by atoms with Crippen LogP contribution in [0.15, 0.2) is 24.3 Å². The normalized spacial score (nSPS) is 19.8. The molecule has 0 fully saturated rings. The fourth-order valence-electron chi connectivity index (χ4n) is 2.95. The van der Waals surface area contributed by atoms with E-state index in [1.54, 1.807) is 6.07 Å². The van der Waals surface area contributed by atoms with Crippen LogP contribution in [0.5, 0.6) is 0 Å². The van der Waals surface area contributed by atoms with Crippen molar-refractivity contribution < 1.29 is 9.59 Å². The standard InChI is InChI=1S/C17H24N2O2/c1-4-8-12(3)19-15-11-7-6-10-13(15)16(20)18-14(9-5-2)17(19)21/h6-7,10-12,14H,4-5,8-9H2,1-3H3,(H,18,20). The largest absolute Gasteiger partial charge is 0.340 e. The fraction of sp³-hybridized carbons (Fsp3) is 0.529. The minimum atomic E-state index is -0.422. The quantitative estimate of drug-likeness (QED) is 0.905. The number of nitrogens with zero attached hydrogens (tertiary/aromatic N) is 1. The van der Waals surface area contributed by atoms with Gasteiger partial charge in [-0.3, -0.25) is 9.59 Å². The molecule has 0 radical (unpaired) electrons. The molecule has 1 N–H and O–H groups in total. The summed E-state index contributed by atoms with van der Waals surface area (Å²) in [5.74, 6) is -0.139. The van der Waals surface area contributed by atoms with Gasteiger partial charge in [0.1, 0.15) is 6.04 Å². The van der Waals surface area contributed by atoms with E-state index in [9.17, 15) is 9.59 Å². The van der Waals surface area contributed by atoms with Gasteiger partial charge in [-0.25, -0.2) is 0 Å². The third-order valence-corrected chi connectivity index (χ3v) is 3.97. The maximum absolute atomic E-state index is 12.9. The summed E-state index contributed by atoms with van der Waals surface area (Å²) in [4.78, 5) is 27.1. The highest BCUT2D eigenvalue weighted by molar-refractivity contribution is 6.11. The average molecular weight is 288 g/mol. The molecule has 2 amide bonds. The molecule has 1 aliphatic rings. The molecule has 2 atom stereocenters. The van der Waals surface area contributed by atoms with Gasteiger partial charge in [-0.2, -0.15) is 0 Å². The average Bonchev–Trinajstić information content (AvgIpc) is 2.56. The Hall–Kier alpha value is -1.84. The lowest BCUT2D eigenvalue weighted by Crippen LogP contribution is -2.48. The maximum Gasteiger partial charge on any atom is 0.254 e. The highest BCUT2D eigenvalue weighted by Gasteiger charge is 2.35. The van der Waals surface area contributed by atoms with Gasteiger partial charge in [-0.15, -0.1) is 0 Å². The number of hydrogen-bond acceptors (Lipinski definition) is 2. The van der Waals surface area contributed by atoms with Crippen LogP contribution in [0, 0.1) is 0 Å². The molecule has 4 nitrogen and oxygen atoms in total. The Labute approximate surface area is 126 Å². The second kappa shape index (κ2) is 6.74. The molecule has 0 saturated carbocycles. The van der Waals surface area contributed by atoms with Gasteiger partial charge < -0.3 is 10.2 Å². The zero-order valence-corrected chi connectivity index (χ0v) is 13.1. The first-order valence-corrected chi connectivity index (χ1v) is 7.83. The molecule has 0 aliphatic carbocycles. The molecule has 1 aromatic rings. The second-order valence-corrected chi connectivity index (χ2v) is 5.68. The van der Waals surface area contributed by atoms with Gasteiger partial charge in [0.2, 0.25) is 5.91 Å². The lowest BCUT2D eigenvalue weighted by Gasteiger charge is -2.31. The van der Waals surface area contributed by atoms with E-state index in [1.165, 1.54) is 0 Å². The summed E-state index contributed by atoms with van der Waals surface area (Å²) >= 11 is 0. The number of fused-ring (bicyclic) bond motifs is 1. The maximum atomic E-state index is 12.9. The Morgan fingerprint density at radius 1 is 1.19 bits per heavy atom. The third kappa shape index (κ3) is 3.09. The number of carbonyl (C=O) groups is 2. The summed E-state index contributed by atoms with van der Waals surface area (Å²) in [6, 6.07) is 7.05. The molecule has 114 valence electrons. The Bertz CT molecular complexity index is 527. The van der Waals surface area contributed by atoms with Crippen molar-refractivity contribution in [2.24, 2.45) is 0 Å². The van der Waals surface area contributed by atoms with Gasteiger partial charge in [0.05, 0.1) is 11.3 Å². The summed E-state index contributed by atoms with van der Waals surface area (Å²) in [5, 5.41) is 2.88. The predicted octanol–water partition coefficient (Wildman–Crippen LogP) is 3.12. The minimum absolute atomic E-state index is 0.0103. The van der Waals surface area contributed by atoms with E-state index < -0.39 is 6.04 Å². The van der Waals surface area contributed by atoms with Crippen molar-refractivity contribution in [1.29, 1.82) is 0 Å². The van der Waals surface area contributed by atoms with Crippen LogP contribution in [-0.2, 0) is 4.79 Å². The lowest BCUT2D eigenvalue weighted by atomic mass is 10.1. The van der Waals surface area contributed by atoms with E-state index in [1.807, 2.05) is 30.0 Å². The fourth-order valence-corrected chi connectivity index (χ4v) is 2.95. The molecule has 0 spiro atoms. The Morgan fingerprint density at radius 3 is 2.57 bits per heavy atom. The monoisotopic (exact) mass is 288 g/mol. The van der Waals surface area contributed by atoms with Crippen LogP contribution in [0.4, 0.5) is 5.69 Å². The molecule has 1 heterocycles. The van der Waals surface area contributed by atoms with Gasteiger partial charge in [-0.05, 0) is 31.9 Å². The van der Waals surface area contributed by atoms with E-state index in [0.29, 0.717) is 12.0 Å². The summed E-state index contributed by atoms with van der Waals surface area (Å²) in [6.07, 6.45) is 3.47. The van der Waals surface area contributed by atoms with E-state index in [0.717, 1.165) is 24.9 Å². The van der Waals surface area contributed by atoms with Crippen LogP contribution in [0.3, 0.4) is 0 Å². The number of carbonyl (C=O) groups excluding carboxylic acids is 2. The third-order valence-electron chi connectivity index (χ3n) is 3.97. The van der Waals surface area contributed by atoms with E-state index in [-0.39, 0.29) is 17.9 Å². The summed E-state index contributed by atoms with van der Waals surface area (Å²) in [5.41, 5.74) is 1.33. The van der Waals surface area contributed by atoms with Crippen LogP contribution in [0.2, 0.25) is 0 Å². The van der Waals surface area contributed by atoms with Crippen LogP contribution in [-0.4, -0.2) is 23.9 Å². The van der Waals surface area contributed by atoms with Gasteiger partial charge >= 0.3 is 0 Å². The number of amides is 2. The Morgan fingerprint density at radius 2 is 1.90 bits per heavy atom. The van der Waals surface area contributed by atoms with Crippen molar-refractivity contribution in [2.75, 3.05) is 4.90 Å². The SMILES string of the molecule is CCCC1NC(=O)c2ccccc2N(C(C)CCC)C1=O. The summed E-state index contributed by atoms with van der Waals surface area (Å²) in [6.45, 7) is 6.19. The summed E-state index contributed by atoms with van der Waals surface area (Å²) < 4.78 is 0. The first-order valence-electron chi connectivity index (χ1n) is 7.83. The van der Waals surface area contributed by atoms with Gasteiger partial charge in [0.25, 0.3) is 5.91 Å². The highest BCUT2D eigenvalue weighted by Crippen LogP contribution is 2.28. The zero-order chi connectivity index (χ0) is 15.4. The summed E-state index contributed by atoms with van der Waals surface area (Å²) in [7, 11) is 0. The van der Waals surface area contributed by atoms with E-state index in [4.69, 9.17) is 0 Å². The van der Waals surface area contributed by atoms with Crippen LogP contribution in [0.1, 0.15) is 56.8 Å². The minimum Gasteiger partial charge on any atom is -0.340 e. The Kier molecular flexibility index (Phi) is 4.99. The lowest BCUT2D eigenvalue weighted by molar-refractivity contribution is -0.121. The number of hydrogen-bond donors (Lipinski definition) is 1. The van der Waals surface area contributed by atoms with Crippen molar-refractivity contribution >= 4 is 17.5 Å². The number of para-hydroxylation sites is 1. The van der Waals surface area contributed by atoms with Crippen molar-refractivity contribution in [3.8, 4) is 0 Å². The molecular weight excluding hydrogens is 264 g/mol. The molecule has 0 bridgehead atoms. The first-order chi connectivity index (χ1) is 10.1. The van der Waals surface area contributed by atoms with Crippen molar-refractivity contribution in [3.63, 3.8) is 0 Å². The number of rotatable bonds is 5. The van der Waals surface area contributed by atoms with Crippen LogP contribution in [0.25, 0.3) is 0 Å². The molecular formula is C17H24N2O2. The van der Waals surface area contributed by atoms with Crippen molar-refractivity contribution in [3.05, 3.63) is 29.8 Å². The highest BCUT2D eigenvalue weighted by atomic mass is 16.2. The molecule has 2 rings (SSSR count). The second-order valence-electron chi connectivity index (χ2n) is 5.68. The van der Waals surface area contributed by atoms with E-state index >= 15 is 0 Å². The van der Waals surface area contributed by atoms with Gasteiger partial charge in [-0.1, -0.05) is 38.8 Å². The first kappa shape index (κ1) is 15.5. The molecule has 2 unspecified atom stereocenters. The smallest absolute Gasteiger partial charge is 0.254 e. The van der Waals surface area contributed by atoms with Crippen LogP contribution >= 0.6 is 0 Å². The predicted molar refractivity (Wildman–Crippen MR) is 84.5 cm³/mol. The van der Waals surface area contributed by atoms with Gasteiger partial charge in [0.15, 0.2) is 0 Å². The zero-order valence-electron chi connectivity index (χ0n) is 13.1. The van der Waals surface area contributed by atoms with Crippen LogP contribution < -0.4 is 10.2 Å². The molecule has 1 aromatic carbocycles. The molecule has 0 aromatic heterocycles. The number of anilines is 1. The number of benzene rings is 1. The molecule has 0 saturated heterocycles. The molecule has 21 heavy (non-hydrogen) atoms.